The average molecular weight is 466 g/mol. The monoisotopic (exact) mass is 465 g/mol. The van der Waals surface area contributed by atoms with Gasteiger partial charge in [0.25, 0.3) is 5.91 Å². The molecular formula is C27H35N3O4. The van der Waals surface area contributed by atoms with Crippen molar-refractivity contribution in [2.45, 2.75) is 45.2 Å². The lowest BCUT2D eigenvalue weighted by atomic mass is 9.95. The highest BCUT2D eigenvalue weighted by Crippen LogP contribution is 2.34. The number of amides is 2. The minimum absolute atomic E-state index is 0.0117. The van der Waals surface area contributed by atoms with Crippen LogP contribution in [0, 0.1) is 5.92 Å². The summed E-state index contributed by atoms with van der Waals surface area (Å²) >= 11 is 0. The molecule has 7 nitrogen and oxygen atoms in total. The first kappa shape index (κ1) is 24.1. The number of rotatable bonds is 7. The maximum Gasteiger partial charge on any atom is 0.251 e. The summed E-state index contributed by atoms with van der Waals surface area (Å²) in [6.07, 6.45) is 2.53. The molecule has 2 N–H and O–H groups in total. The van der Waals surface area contributed by atoms with Crippen LogP contribution in [-0.4, -0.2) is 55.6 Å². The molecule has 0 saturated carbocycles. The Morgan fingerprint density at radius 1 is 1.00 bits per heavy atom. The zero-order valence-corrected chi connectivity index (χ0v) is 20.1. The van der Waals surface area contributed by atoms with Crippen molar-refractivity contribution < 1.29 is 19.1 Å². The van der Waals surface area contributed by atoms with E-state index in [1.165, 1.54) is 0 Å². The van der Waals surface area contributed by atoms with E-state index in [4.69, 9.17) is 9.47 Å². The van der Waals surface area contributed by atoms with Crippen LogP contribution in [0.25, 0.3) is 0 Å². The van der Waals surface area contributed by atoms with Crippen molar-refractivity contribution in [3.8, 4) is 11.5 Å². The van der Waals surface area contributed by atoms with E-state index >= 15 is 0 Å². The Balaban J connectivity index is 1.28. The van der Waals surface area contributed by atoms with Crippen LogP contribution in [0.1, 0.15) is 55.1 Å². The van der Waals surface area contributed by atoms with Crippen molar-refractivity contribution in [3.63, 3.8) is 0 Å². The molecule has 1 fully saturated rings. The minimum Gasteiger partial charge on any atom is -0.490 e. The molecule has 1 unspecified atom stereocenters. The number of benzene rings is 2. The van der Waals surface area contributed by atoms with Crippen LogP contribution in [0.4, 0.5) is 0 Å². The van der Waals surface area contributed by atoms with Crippen molar-refractivity contribution in [3.05, 3.63) is 59.7 Å². The zero-order chi connectivity index (χ0) is 23.9. The number of ether oxygens (including phenoxy) is 2. The largest absolute Gasteiger partial charge is 0.490 e. The highest BCUT2D eigenvalue weighted by Gasteiger charge is 2.25. The van der Waals surface area contributed by atoms with Crippen molar-refractivity contribution >= 4 is 11.8 Å². The summed E-state index contributed by atoms with van der Waals surface area (Å²) in [6.45, 7) is 7.42. The summed E-state index contributed by atoms with van der Waals surface area (Å²) in [5, 5.41) is 6.34. The van der Waals surface area contributed by atoms with Gasteiger partial charge in [0.15, 0.2) is 11.5 Å². The summed E-state index contributed by atoms with van der Waals surface area (Å²) in [6, 6.07) is 15.3. The molecule has 1 atom stereocenters. The number of piperidine rings is 1. The fourth-order valence-electron chi connectivity index (χ4n) is 4.52. The lowest BCUT2D eigenvalue weighted by molar-refractivity contribution is -0.123. The van der Waals surface area contributed by atoms with Gasteiger partial charge in [0.05, 0.1) is 25.8 Å². The lowest BCUT2D eigenvalue weighted by Gasteiger charge is -2.32. The number of carbonyl (C=O) groups is 2. The standard InChI is InChI=1S/C27H35N3O4/c1-19(2)26(21-9-10-23-24(17-21)34-16-6-15-33-23)29-25(31)18-30-13-11-22(12-14-30)28-27(32)20-7-4-3-5-8-20/h3-5,7-10,17,19,22,26H,6,11-16,18H2,1-2H3,(H,28,32)(H,29,31). The van der Waals surface area contributed by atoms with E-state index < -0.39 is 0 Å². The van der Waals surface area contributed by atoms with E-state index in [0.717, 1.165) is 49.4 Å². The van der Waals surface area contributed by atoms with Gasteiger partial charge in [-0.1, -0.05) is 38.1 Å². The number of nitrogens with zero attached hydrogens (tertiary/aromatic N) is 1. The Bertz CT molecular complexity index is 971. The molecule has 0 aliphatic carbocycles. The summed E-state index contributed by atoms with van der Waals surface area (Å²) in [7, 11) is 0. The predicted molar refractivity (Wildman–Crippen MR) is 131 cm³/mol. The second-order valence-electron chi connectivity index (χ2n) is 9.44. The fraction of sp³-hybridized carbons (Fsp3) is 0.481. The Kier molecular flexibility index (Phi) is 8.06. The van der Waals surface area contributed by atoms with Crippen LogP contribution in [-0.2, 0) is 4.79 Å². The number of nitrogens with one attached hydrogen (secondary N) is 2. The number of carbonyl (C=O) groups excluding carboxylic acids is 2. The molecule has 0 aromatic heterocycles. The molecule has 7 heteroatoms. The summed E-state index contributed by atoms with van der Waals surface area (Å²) in [5.41, 5.74) is 1.70. The van der Waals surface area contributed by atoms with Crippen LogP contribution >= 0.6 is 0 Å². The number of hydrogen-bond donors (Lipinski definition) is 2. The van der Waals surface area contributed by atoms with Gasteiger partial charge in [0, 0.05) is 31.1 Å². The lowest BCUT2D eigenvalue weighted by Crippen LogP contribution is -2.48. The first-order valence-electron chi connectivity index (χ1n) is 12.3. The third-order valence-electron chi connectivity index (χ3n) is 6.44. The average Bonchev–Trinajstić information content (AvgIpc) is 3.09. The zero-order valence-electron chi connectivity index (χ0n) is 20.1. The van der Waals surface area contributed by atoms with Crippen molar-refractivity contribution in [1.82, 2.24) is 15.5 Å². The Hall–Kier alpha value is -3.06. The molecule has 2 heterocycles. The quantitative estimate of drug-likeness (QED) is 0.654. The normalized spacial score (nSPS) is 17.6. The van der Waals surface area contributed by atoms with Crippen molar-refractivity contribution in [1.29, 1.82) is 0 Å². The topological polar surface area (TPSA) is 79.9 Å². The Labute approximate surface area is 201 Å². The van der Waals surface area contributed by atoms with Gasteiger partial charge in [-0.3, -0.25) is 14.5 Å². The minimum atomic E-state index is -0.104. The van der Waals surface area contributed by atoms with E-state index in [2.05, 4.69) is 29.4 Å². The molecule has 2 aromatic rings. The van der Waals surface area contributed by atoms with Crippen molar-refractivity contribution in [2.24, 2.45) is 5.92 Å². The molecule has 2 amide bonds. The van der Waals surface area contributed by atoms with Gasteiger partial charge in [0.1, 0.15) is 0 Å². The van der Waals surface area contributed by atoms with Gasteiger partial charge in [-0.25, -0.2) is 0 Å². The highest BCUT2D eigenvalue weighted by molar-refractivity contribution is 5.94. The first-order chi connectivity index (χ1) is 16.5. The van der Waals surface area contributed by atoms with E-state index in [0.29, 0.717) is 25.3 Å². The van der Waals surface area contributed by atoms with E-state index in [-0.39, 0.29) is 29.8 Å². The molecule has 2 aliphatic heterocycles. The molecule has 4 rings (SSSR count). The number of hydrogen-bond acceptors (Lipinski definition) is 5. The van der Waals surface area contributed by atoms with Crippen LogP contribution < -0.4 is 20.1 Å². The van der Waals surface area contributed by atoms with Gasteiger partial charge in [-0.05, 0) is 48.6 Å². The van der Waals surface area contributed by atoms with Gasteiger partial charge >= 0.3 is 0 Å². The van der Waals surface area contributed by atoms with Crippen molar-refractivity contribution in [2.75, 3.05) is 32.8 Å². The second kappa shape index (κ2) is 11.4. The molecule has 1 saturated heterocycles. The molecule has 2 aliphatic rings. The van der Waals surface area contributed by atoms with Gasteiger partial charge in [0.2, 0.25) is 5.91 Å². The smallest absolute Gasteiger partial charge is 0.251 e. The molecule has 34 heavy (non-hydrogen) atoms. The van der Waals surface area contributed by atoms with Crippen LogP contribution in [0.15, 0.2) is 48.5 Å². The van der Waals surface area contributed by atoms with Crippen LogP contribution in [0.5, 0.6) is 11.5 Å². The summed E-state index contributed by atoms with van der Waals surface area (Å²) in [5.74, 6) is 1.71. The SMILES string of the molecule is CC(C)C(NC(=O)CN1CCC(NC(=O)c2ccccc2)CC1)c1ccc2c(c1)OCCCO2. The third-order valence-corrected chi connectivity index (χ3v) is 6.44. The molecular weight excluding hydrogens is 430 g/mol. The maximum atomic E-state index is 12.9. The summed E-state index contributed by atoms with van der Waals surface area (Å²) < 4.78 is 11.6. The van der Waals surface area contributed by atoms with Gasteiger partial charge < -0.3 is 20.1 Å². The maximum absolute atomic E-state index is 12.9. The summed E-state index contributed by atoms with van der Waals surface area (Å²) in [4.78, 5) is 27.5. The first-order valence-corrected chi connectivity index (χ1v) is 12.3. The molecule has 0 bridgehead atoms. The highest BCUT2D eigenvalue weighted by atomic mass is 16.5. The molecule has 2 aromatic carbocycles. The second-order valence-corrected chi connectivity index (χ2v) is 9.44. The molecule has 0 spiro atoms. The molecule has 182 valence electrons. The van der Waals surface area contributed by atoms with E-state index in [9.17, 15) is 9.59 Å². The van der Waals surface area contributed by atoms with E-state index in [1.807, 2.05) is 48.5 Å². The van der Waals surface area contributed by atoms with Crippen LogP contribution in [0.3, 0.4) is 0 Å². The van der Waals surface area contributed by atoms with Crippen LogP contribution in [0.2, 0.25) is 0 Å². The third kappa shape index (κ3) is 6.29. The van der Waals surface area contributed by atoms with Gasteiger partial charge in [-0.2, -0.15) is 0 Å². The fourth-order valence-corrected chi connectivity index (χ4v) is 4.52. The Morgan fingerprint density at radius 2 is 1.71 bits per heavy atom. The van der Waals surface area contributed by atoms with E-state index in [1.54, 1.807) is 0 Å². The molecule has 0 radical (unpaired) electrons. The Morgan fingerprint density at radius 3 is 2.41 bits per heavy atom. The predicted octanol–water partition coefficient (Wildman–Crippen LogP) is 3.56. The number of likely N-dealkylation sites (tertiary alicyclic amines) is 1. The number of fused-ring (bicyclic) bond motifs is 1. The van der Waals surface area contributed by atoms with Gasteiger partial charge in [-0.15, -0.1) is 0 Å².